The van der Waals surface area contributed by atoms with Crippen LogP contribution in [0.25, 0.3) is 0 Å². The molecule has 0 aliphatic heterocycles. The molecular weight excluding hydrogens is 284 g/mol. The number of hydrogen-bond acceptors (Lipinski definition) is 5. The number of esters is 1. The van der Waals surface area contributed by atoms with Crippen molar-refractivity contribution in [2.45, 2.75) is 6.92 Å². The molecule has 0 fully saturated rings. The number of aryl methyl sites for hydroxylation is 1. The number of carbonyl (C=O) groups is 2. The van der Waals surface area contributed by atoms with E-state index in [-0.39, 0.29) is 16.3 Å². The maximum absolute atomic E-state index is 11.9. The molecule has 20 heavy (non-hydrogen) atoms. The summed E-state index contributed by atoms with van der Waals surface area (Å²) in [5, 5.41) is 6.43. The highest BCUT2D eigenvalue weighted by molar-refractivity contribution is 6.33. The number of nitrogens with zero attached hydrogens (tertiary/aromatic N) is 1. The zero-order valence-electron chi connectivity index (χ0n) is 10.8. The SMILES string of the molecule is COC(=O)c1cc(NC(=O)c2cc(C)on2)ccc1Cl. The minimum Gasteiger partial charge on any atom is -0.465 e. The van der Waals surface area contributed by atoms with Crippen molar-refractivity contribution in [2.75, 3.05) is 12.4 Å². The third-order valence-electron chi connectivity index (χ3n) is 2.49. The van der Waals surface area contributed by atoms with E-state index in [1.807, 2.05) is 0 Å². The normalized spacial score (nSPS) is 10.2. The topological polar surface area (TPSA) is 81.4 Å². The Morgan fingerprint density at radius 2 is 2.10 bits per heavy atom. The van der Waals surface area contributed by atoms with Crippen LogP contribution in [0.15, 0.2) is 28.8 Å². The molecule has 1 aromatic carbocycles. The Bertz CT molecular complexity index is 666. The summed E-state index contributed by atoms with van der Waals surface area (Å²) in [5.74, 6) is -0.495. The lowest BCUT2D eigenvalue weighted by Crippen LogP contribution is -2.13. The number of halogens is 1. The minimum absolute atomic E-state index is 0.150. The first-order valence-electron chi connectivity index (χ1n) is 5.64. The third-order valence-corrected chi connectivity index (χ3v) is 2.82. The van der Waals surface area contributed by atoms with Crippen molar-refractivity contribution in [3.8, 4) is 0 Å². The summed E-state index contributed by atoms with van der Waals surface area (Å²) in [6.07, 6.45) is 0. The number of carbonyl (C=O) groups excluding carboxylic acids is 2. The van der Waals surface area contributed by atoms with Gasteiger partial charge < -0.3 is 14.6 Å². The molecule has 104 valence electrons. The number of benzene rings is 1. The van der Waals surface area contributed by atoms with Crippen LogP contribution in [-0.2, 0) is 4.74 Å². The van der Waals surface area contributed by atoms with Crippen molar-refractivity contribution in [3.63, 3.8) is 0 Å². The van der Waals surface area contributed by atoms with Gasteiger partial charge in [0.25, 0.3) is 5.91 Å². The molecule has 0 spiro atoms. The quantitative estimate of drug-likeness (QED) is 0.880. The monoisotopic (exact) mass is 294 g/mol. The second-order valence-corrected chi connectivity index (χ2v) is 4.37. The van der Waals surface area contributed by atoms with Crippen molar-refractivity contribution in [2.24, 2.45) is 0 Å². The molecule has 6 nitrogen and oxygen atoms in total. The predicted octanol–water partition coefficient (Wildman–Crippen LogP) is 2.68. The van der Waals surface area contributed by atoms with E-state index < -0.39 is 11.9 Å². The molecule has 0 saturated carbocycles. The molecule has 0 saturated heterocycles. The summed E-state index contributed by atoms with van der Waals surface area (Å²) in [4.78, 5) is 23.4. The van der Waals surface area contributed by atoms with Gasteiger partial charge in [0, 0.05) is 11.8 Å². The number of methoxy groups -OCH3 is 1. The highest BCUT2D eigenvalue weighted by Gasteiger charge is 2.15. The van der Waals surface area contributed by atoms with Crippen LogP contribution in [0.1, 0.15) is 26.6 Å². The first kappa shape index (κ1) is 14.1. The lowest BCUT2D eigenvalue weighted by Gasteiger charge is -2.06. The standard InChI is InChI=1S/C13H11ClN2O4/c1-7-5-11(16-20-7)12(17)15-8-3-4-10(14)9(6-8)13(18)19-2/h3-6H,1-2H3,(H,15,17). The Morgan fingerprint density at radius 3 is 2.70 bits per heavy atom. The summed E-state index contributed by atoms with van der Waals surface area (Å²) in [6.45, 7) is 1.68. The summed E-state index contributed by atoms with van der Waals surface area (Å²) in [7, 11) is 1.25. The van der Waals surface area contributed by atoms with E-state index in [1.165, 1.54) is 25.3 Å². The van der Waals surface area contributed by atoms with Gasteiger partial charge in [0.1, 0.15) is 5.76 Å². The molecule has 2 rings (SSSR count). The van der Waals surface area contributed by atoms with Gasteiger partial charge in [0.2, 0.25) is 0 Å². The molecule has 7 heteroatoms. The zero-order chi connectivity index (χ0) is 14.7. The van der Waals surface area contributed by atoms with E-state index in [1.54, 1.807) is 13.0 Å². The van der Waals surface area contributed by atoms with E-state index in [9.17, 15) is 9.59 Å². The molecule has 0 unspecified atom stereocenters. The first-order valence-corrected chi connectivity index (χ1v) is 6.01. The zero-order valence-corrected chi connectivity index (χ0v) is 11.5. The number of ether oxygens (including phenoxy) is 1. The van der Waals surface area contributed by atoms with Crippen LogP contribution in [0.5, 0.6) is 0 Å². The lowest BCUT2D eigenvalue weighted by atomic mass is 10.2. The van der Waals surface area contributed by atoms with E-state index in [0.29, 0.717) is 11.4 Å². The fourth-order valence-corrected chi connectivity index (χ4v) is 1.73. The van der Waals surface area contributed by atoms with Gasteiger partial charge in [-0.3, -0.25) is 4.79 Å². The molecule has 0 atom stereocenters. The van der Waals surface area contributed by atoms with E-state index >= 15 is 0 Å². The largest absolute Gasteiger partial charge is 0.465 e. The van der Waals surface area contributed by atoms with Crippen LogP contribution in [0, 0.1) is 6.92 Å². The Labute approximate surface area is 119 Å². The van der Waals surface area contributed by atoms with Gasteiger partial charge in [-0.1, -0.05) is 16.8 Å². The van der Waals surface area contributed by atoms with E-state index in [0.717, 1.165) is 0 Å². The van der Waals surface area contributed by atoms with Gasteiger partial charge in [0.15, 0.2) is 5.69 Å². The first-order chi connectivity index (χ1) is 9.51. The van der Waals surface area contributed by atoms with Gasteiger partial charge in [-0.2, -0.15) is 0 Å². The summed E-state index contributed by atoms with van der Waals surface area (Å²) in [5.41, 5.74) is 0.723. The van der Waals surface area contributed by atoms with Crippen molar-refractivity contribution >= 4 is 29.2 Å². The highest BCUT2D eigenvalue weighted by Crippen LogP contribution is 2.21. The van der Waals surface area contributed by atoms with Crippen LogP contribution in [0.2, 0.25) is 5.02 Å². The second-order valence-electron chi connectivity index (χ2n) is 3.96. The maximum Gasteiger partial charge on any atom is 0.339 e. The maximum atomic E-state index is 11.9. The molecular formula is C13H11ClN2O4. The van der Waals surface area contributed by atoms with Crippen LogP contribution in [-0.4, -0.2) is 24.1 Å². The molecule has 1 aromatic heterocycles. The van der Waals surface area contributed by atoms with Gasteiger partial charge >= 0.3 is 5.97 Å². The number of rotatable bonds is 3. The van der Waals surface area contributed by atoms with E-state index in [4.69, 9.17) is 16.1 Å². The van der Waals surface area contributed by atoms with Crippen LogP contribution >= 0.6 is 11.6 Å². The van der Waals surface area contributed by atoms with Gasteiger partial charge in [-0.05, 0) is 25.1 Å². The number of nitrogens with one attached hydrogen (secondary N) is 1. The average Bonchev–Trinajstić information content (AvgIpc) is 2.87. The molecule has 1 amide bonds. The number of amides is 1. The van der Waals surface area contributed by atoms with Gasteiger partial charge in [-0.25, -0.2) is 4.79 Å². The number of aromatic nitrogens is 1. The summed E-state index contributed by atoms with van der Waals surface area (Å²) >= 11 is 5.89. The number of anilines is 1. The Morgan fingerprint density at radius 1 is 1.35 bits per heavy atom. The molecule has 1 heterocycles. The predicted molar refractivity (Wildman–Crippen MR) is 72.0 cm³/mol. The minimum atomic E-state index is -0.580. The van der Waals surface area contributed by atoms with Crippen molar-refractivity contribution in [1.82, 2.24) is 5.16 Å². The fraction of sp³-hybridized carbons (Fsp3) is 0.154. The van der Waals surface area contributed by atoms with Gasteiger partial charge in [0.05, 0.1) is 17.7 Å². The van der Waals surface area contributed by atoms with Crippen molar-refractivity contribution < 1.29 is 18.8 Å². The van der Waals surface area contributed by atoms with Crippen molar-refractivity contribution in [3.05, 3.63) is 46.3 Å². The molecule has 1 N–H and O–H groups in total. The molecule has 0 aliphatic rings. The van der Waals surface area contributed by atoms with Crippen LogP contribution < -0.4 is 5.32 Å². The van der Waals surface area contributed by atoms with Crippen LogP contribution in [0.4, 0.5) is 5.69 Å². The van der Waals surface area contributed by atoms with Crippen LogP contribution in [0.3, 0.4) is 0 Å². The Hall–Kier alpha value is -2.34. The molecule has 0 radical (unpaired) electrons. The highest BCUT2D eigenvalue weighted by atomic mass is 35.5. The summed E-state index contributed by atoms with van der Waals surface area (Å²) in [6, 6.07) is 6.00. The Kier molecular flexibility index (Phi) is 4.05. The van der Waals surface area contributed by atoms with Crippen molar-refractivity contribution in [1.29, 1.82) is 0 Å². The Balaban J connectivity index is 2.22. The van der Waals surface area contributed by atoms with Gasteiger partial charge in [-0.15, -0.1) is 0 Å². The second kappa shape index (κ2) is 5.75. The lowest BCUT2D eigenvalue weighted by molar-refractivity contribution is 0.0600. The fourth-order valence-electron chi connectivity index (χ4n) is 1.54. The summed E-state index contributed by atoms with van der Waals surface area (Å²) < 4.78 is 9.42. The average molecular weight is 295 g/mol. The molecule has 2 aromatic rings. The smallest absolute Gasteiger partial charge is 0.339 e. The molecule has 0 aliphatic carbocycles. The third kappa shape index (κ3) is 2.97. The number of hydrogen-bond donors (Lipinski definition) is 1. The molecule has 0 bridgehead atoms. The van der Waals surface area contributed by atoms with E-state index in [2.05, 4.69) is 15.2 Å².